The van der Waals surface area contributed by atoms with Gasteiger partial charge >= 0.3 is 0 Å². The third-order valence-corrected chi connectivity index (χ3v) is 6.14. The molecule has 40 heavy (non-hydrogen) atoms. The van der Waals surface area contributed by atoms with Crippen molar-refractivity contribution in [3.8, 4) is 0 Å². The third-order valence-electron chi connectivity index (χ3n) is 6.14. The second-order valence-electron chi connectivity index (χ2n) is 9.05. The van der Waals surface area contributed by atoms with Crippen molar-refractivity contribution >= 4 is 23.3 Å². The van der Waals surface area contributed by atoms with Gasteiger partial charge in [0.2, 0.25) is 5.91 Å². The van der Waals surface area contributed by atoms with Crippen LogP contribution in [0.25, 0.3) is 11.1 Å². The molecule has 0 unspecified atom stereocenters. The Labute approximate surface area is 238 Å². The fourth-order valence-corrected chi connectivity index (χ4v) is 3.57. The fourth-order valence-electron chi connectivity index (χ4n) is 3.57. The van der Waals surface area contributed by atoms with E-state index in [9.17, 15) is 13.6 Å². The van der Waals surface area contributed by atoms with Crippen LogP contribution in [0.5, 0.6) is 0 Å². The summed E-state index contributed by atoms with van der Waals surface area (Å²) in [4.78, 5) is 20.0. The number of rotatable bonds is 7. The van der Waals surface area contributed by atoms with Crippen LogP contribution in [0.15, 0.2) is 90.4 Å². The van der Waals surface area contributed by atoms with E-state index in [1.807, 2.05) is 51.7 Å². The summed E-state index contributed by atoms with van der Waals surface area (Å²) in [7, 11) is 1.59. The monoisotopic (exact) mass is 551 g/mol. The van der Waals surface area contributed by atoms with E-state index >= 15 is 0 Å². The summed E-state index contributed by atoms with van der Waals surface area (Å²) in [5.74, 6) is 1.23. The summed E-state index contributed by atoms with van der Waals surface area (Å²) in [5, 5.41) is 0. The van der Waals surface area contributed by atoms with Crippen molar-refractivity contribution in [2.75, 3.05) is 33.3 Å². The minimum Gasteiger partial charge on any atom is -0.497 e. The number of hydrogen-bond donors (Lipinski definition) is 0. The molecular weight excluding hydrogens is 508 g/mol. The van der Waals surface area contributed by atoms with Crippen LogP contribution in [0.1, 0.15) is 52.2 Å². The SMILES string of the molecule is C/C=C(\C)c1ccc(F)cc1.C=C(/C=C(\N=C/C)N1CCN(C(=O)CC)CC1)OC.C=C(C)c1ccc(F)cc1. The lowest BCUT2D eigenvalue weighted by molar-refractivity contribution is -0.132. The molecule has 0 atom stereocenters. The molecule has 0 aromatic heterocycles. The van der Waals surface area contributed by atoms with Crippen LogP contribution in [0.4, 0.5) is 8.78 Å². The van der Waals surface area contributed by atoms with Gasteiger partial charge in [-0.15, -0.1) is 0 Å². The number of allylic oxidation sites excluding steroid dienone is 4. The van der Waals surface area contributed by atoms with Crippen LogP contribution in [0, 0.1) is 11.6 Å². The highest BCUT2D eigenvalue weighted by atomic mass is 19.1. The first-order chi connectivity index (χ1) is 19.1. The molecule has 2 aromatic rings. The van der Waals surface area contributed by atoms with Gasteiger partial charge in [0.1, 0.15) is 23.2 Å². The van der Waals surface area contributed by atoms with Gasteiger partial charge in [0, 0.05) is 44.9 Å². The Morgan fingerprint density at radius 3 is 1.77 bits per heavy atom. The zero-order valence-electron chi connectivity index (χ0n) is 24.7. The maximum atomic E-state index is 12.4. The Kier molecular flexibility index (Phi) is 15.6. The largest absolute Gasteiger partial charge is 0.497 e. The van der Waals surface area contributed by atoms with Crippen molar-refractivity contribution in [3.63, 3.8) is 0 Å². The first kappa shape index (κ1) is 34.0. The molecule has 1 aliphatic heterocycles. The van der Waals surface area contributed by atoms with E-state index in [4.69, 9.17) is 4.74 Å². The van der Waals surface area contributed by atoms with E-state index in [0.29, 0.717) is 12.2 Å². The number of aliphatic imine (C=N–C) groups is 1. The number of nitrogens with zero attached hydrogens (tertiary/aromatic N) is 3. The van der Waals surface area contributed by atoms with Crippen molar-refractivity contribution in [1.82, 2.24) is 9.80 Å². The lowest BCUT2D eigenvalue weighted by Gasteiger charge is -2.36. The molecule has 216 valence electrons. The van der Waals surface area contributed by atoms with E-state index < -0.39 is 0 Å². The third kappa shape index (κ3) is 12.2. The molecular formula is C33H43F2N3O2. The van der Waals surface area contributed by atoms with E-state index in [2.05, 4.69) is 23.1 Å². The van der Waals surface area contributed by atoms with E-state index in [1.54, 1.807) is 37.6 Å². The molecule has 1 heterocycles. The lowest BCUT2D eigenvalue weighted by Crippen LogP contribution is -2.47. The zero-order chi connectivity index (χ0) is 30.1. The quantitative estimate of drug-likeness (QED) is 0.201. The summed E-state index contributed by atoms with van der Waals surface area (Å²) in [6, 6.07) is 12.8. The predicted octanol–water partition coefficient (Wildman–Crippen LogP) is 7.74. The molecule has 0 spiro atoms. The Morgan fingerprint density at radius 1 is 0.900 bits per heavy atom. The van der Waals surface area contributed by atoms with E-state index in [-0.39, 0.29) is 17.5 Å². The number of piperazine rings is 1. The minimum absolute atomic E-state index is 0.183. The first-order valence-electron chi connectivity index (χ1n) is 13.3. The molecule has 1 aliphatic rings. The van der Waals surface area contributed by atoms with Gasteiger partial charge in [-0.3, -0.25) is 4.79 Å². The number of carbonyl (C=O) groups is 1. The molecule has 0 N–H and O–H groups in total. The average Bonchev–Trinajstić information content (AvgIpc) is 2.97. The molecule has 3 rings (SSSR count). The Bertz CT molecular complexity index is 1180. The molecule has 0 radical (unpaired) electrons. The second kappa shape index (κ2) is 18.3. The van der Waals surface area contributed by atoms with Crippen LogP contribution in [-0.2, 0) is 9.53 Å². The van der Waals surface area contributed by atoms with Crippen molar-refractivity contribution in [2.45, 2.75) is 41.0 Å². The molecule has 0 saturated carbocycles. The van der Waals surface area contributed by atoms with Gasteiger partial charge in [-0.2, -0.15) is 0 Å². The molecule has 0 aliphatic carbocycles. The lowest BCUT2D eigenvalue weighted by atomic mass is 10.1. The summed E-state index contributed by atoms with van der Waals surface area (Å²) >= 11 is 0. The predicted molar refractivity (Wildman–Crippen MR) is 164 cm³/mol. The van der Waals surface area contributed by atoms with Gasteiger partial charge in [-0.25, -0.2) is 13.8 Å². The standard InChI is InChI=1S/C14H23N3O2.C10H11F.C9H9F/c1-5-14(18)17-9-7-16(8-10-17)13(15-6-2)11-12(3)19-4;1-3-8(2)9-4-6-10(11)7-5-9;1-7(2)8-3-5-9(10)6-4-8/h6,11H,3,5,7-10H2,1-2,4H3;3-7H,1-2H3;3-6H,1H2,2H3/b13-11+,15-6-;8-3+;. The van der Waals surface area contributed by atoms with Gasteiger partial charge in [-0.1, -0.05) is 56.0 Å². The normalized spacial score (nSPS) is 13.6. The molecule has 0 bridgehead atoms. The topological polar surface area (TPSA) is 45.1 Å². The number of hydrogen-bond acceptors (Lipinski definition) is 4. The highest BCUT2D eigenvalue weighted by molar-refractivity contribution is 5.75. The van der Waals surface area contributed by atoms with Gasteiger partial charge in [0.15, 0.2) is 0 Å². The van der Waals surface area contributed by atoms with Crippen LogP contribution < -0.4 is 0 Å². The highest BCUT2D eigenvalue weighted by Gasteiger charge is 2.21. The highest BCUT2D eigenvalue weighted by Crippen LogP contribution is 2.15. The van der Waals surface area contributed by atoms with Crippen molar-refractivity contribution in [3.05, 3.63) is 108 Å². The fraction of sp³-hybridized carbons (Fsp3) is 0.333. The molecule has 1 amide bonds. The van der Waals surface area contributed by atoms with Gasteiger partial charge in [0.05, 0.1) is 7.11 Å². The zero-order valence-corrected chi connectivity index (χ0v) is 24.7. The molecule has 1 saturated heterocycles. The van der Waals surface area contributed by atoms with Crippen LogP contribution in [0.3, 0.4) is 0 Å². The number of methoxy groups -OCH3 is 1. The Morgan fingerprint density at radius 2 is 1.38 bits per heavy atom. The number of amides is 1. The molecule has 2 aromatic carbocycles. The Hall–Kier alpha value is -4.00. The van der Waals surface area contributed by atoms with Crippen LogP contribution >= 0.6 is 0 Å². The minimum atomic E-state index is -0.204. The summed E-state index contributed by atoms with van der Waals surface area (Å²) in [5.41, 5.74) is 4.19. The molecule has 7 heteroatoms. The second-order valence-corrected chi connectivity index (χ2v) is 9.05. The number of ether oxygens (including phenoxy) is 1. The number of carbonyl (C=O) groups excluding carboxylic acids is 1. The van der Waals surface area contributed by atoms with Gasteiger partial charge in [-0.05, 0) is 68.7 Å². The van der Waals surface area contributed by atoms with E-state index in [1.165, 1.54) is 29.8 Å². The summed E-state index contributed by atoms with van der Waals surface area (Å²) < 4.78 is 29.8. The molecule has 5 nitrogen and oxygen atoms in total. The maximum absolute atomic E-state index is 12.4. The van der Waals surface area contributed by atoms with E-state index in [0.717, 1.165) is 48.7 Å². The Balaban J connectivity index is 0.000000323. The summed E-state index contributed by atoms with van der Waals surface area (Å²) in [6.45, 7) is 20.2. The summed E-state index contributed by atoms with van der Waals surface area (Å²) in [6.07, 6.45) is 6.14. The van der Waals surface area contributed by atoms with Crippen LogP contribution in [0.2, 0.25) is 0 Å². The molecule has 1 fully saturated rings. The number of benzene rings is 2. The van der Waals surface area contributed by atoms with Gasteiger partial charge < -0.3 is 14.5 Å². The van der Waals surface area contributed by atoms with Crippen molar-refractivity contribution in [1.29, 1.82) is 0 Å². The van der Waals surface area contributed by atoms with Crippen LogP contribution in [-0.4, -0.2) is 55.2 Å². The van der Waals surface area contributed by atoms with Gasteiger partial charge in [0.25, 0.3) is 0 Å². The maximum Gasteiger partial charge on any atom is 0.222 e. The average molecular weight is 552 g/mol. The smallest absolute Gasteiger partial charge is 0.222 e. The van der Waals surface area contributed by atoms with Crippen molar-refractivity contribution in [2.24, 2.45) is 4.99 Å². The van der Waals surface area contributed by atoms with Crippen molar-refractivity contribution < 1.29 is 18.3 Å². The first-order valence-corrected chi connectivity index (χ1v) is 13.3. The number of halogens is 2.